The highest BCUT2D eigenvalue weighted by atomic mass is 16.6. The topological polar surface area (TPSA) is 127 Å². The van der Waals surface area contributed by atoms with Crippen molar-refractivity contribution in [2.75, 3.05) is 0 Å². The Morgan fingerprint density at radius 1 is 1.42 bits per heavy atom. The molecule has 0 fully saturated rings. The fraction of sp³-hybridized carbons (Fsp3) is 0.273. The van der Waals surface area contributed by atoms with Crippen LogP contribution in [0.5, 0.6) is 5.75 Å². The quantitative estimate of drug-likeness (QED) is 0.592. The van der Waals surface area contributed by atoms with Crippen molar-refractivity contribution < 1.29 is 29.5 Å². The smallest absolute Gasteiger partial charge is 0.344 e. The van der Waals surface area contributed by atoms with Gasteiger partial charge in [0.15, 0.2) is 6.10 Å². The van der Waals surface area contributed by atoms with Crippen molar-refractivity contribution in [2.24, 2.45) is 0 Å². The molecule has 1 atom stereocenters. The van der Waals surface area contributed by atoms with E-state index < -0.39 is 34.2 Å². The highest BCUT2D eigenvalue weighted by Crippen LogP contribution is 2.25. The number of aromatic carboxylic acids is 1. The van der Waals surface area contributed by atoms with Gasteiger partial charge in [0.25, 0.3) is 5.69 Å². The van der Waals surface area contributed by atoms with E-state index in [1.807, 2.05) is 0 Å². The molecule has 102 valence electrons. The Kier molecular flexibility index (Phi) is 4.41. The van der Waals surface area contributed by atoms with E-state index in [2.05, 4.69) is 0 Å². The molecule has 2 N–H and O–H groups in total. The van der Waals surface area contributed by atoms with Gasteiger partial charge in [0.05, 0.1) is 4.92 Å². The molecule has 1 aromatic carbocycles. The van der Waals surface area contributed by atoms with Gasteiger partial charge in [0, 0.05) is 12.1 Å². The molecular formula is C11H11NO7. The van der Waals surface area contributed by atoms with Gasteiger partial charge in [-0.15, -0.1) is 0 Å². The maximum atomic E-state index is 11.0. The minimum atomic E-state index is -1.43. The number of nitrogens with zero attached hydrogens (tertiary/aromatic N) is 1. The highest BCUT2D eigenvalue weighted by molar-refractivity contribution is 5.92. The second kappa shape index (κ2) is 5.80. The van der Waals surface area contributed by atoms with E-state index in [0.29, 0.717) is 0 Å². The van der Waals surface area contributed by atoms with Crippen molar-refractivity contribution in [1.82, 2.24) is 0 Å². The van der Waals surface area contributed by atoms with Gasteiger partial charge in [-0.25, -0.2) is 9.59 Å². The lowest BCUT2D eigenvalue weighted by Crippen LogP contribution is -2.26. The summed E-state index contributed by atoms with van der Waals surface area (Å²) in [5.74, 6) is -2.89. The van der Waals surface area contributed by atoms with Crippen LogP contribution in [0.15, 0.2) is 18.2 Å². The Hall–Kier alpha value is -2.64. The van der Waals surface area contributed by atoms with Crippen LogP contribution in [-0.2, 0) is 4.79 Å². The number of aliphatic carboxylic acids is 1. The lowest BCUT2D eigenvalue weighted by Gasteiger charge is -2.14. The van der Waals surface area contributed by atoms with E-state index >= 15 is 0 Å². The Labute approximate surface area is 107 Å². The number of benzene rings is 1. The number of carboxylic acid groups (broad SMARTS) is 2. The average molecular weight is 269 g/mol. The van der Waals surface area contributed by atoms with Crippen molar-refractivity contribution in [2.45, 2.75) is 19.4 Å². The van der Waals surface area contributed by atoms with Gasteiger partial charge in [-0.3, -0.25) is 10.1 Å². The zero-order valence-electron chi connectivity index (χ0n) is 9.90. The van der Waals surface area contributed by atoms with Gasteiger partial charge in [-0.1, -0.05) is 6.92 Å². The van der Waals surface area contributed by atoms with Crippen molar-refractivity contribution in [3.05, 3.63) is 33.9 Å². The number of nitro groups is 1. The zero-order chi connectivity index (χ0) is 14.6. The van der Waals surface area contributed by atoms with E-state index in [4.69, 9.17) is 14.9 Å². The molecule has 0 saturated heterocycles. The summed E-state index contributed by atoms with van der Waals surface area (Å²) in [6.45, 7) is 1.56. The van der Waals surface area contributed by atoms with E-state index in [0.717, 1.165) is 18.2 Å². The van der Waals surface area contributed by atoms with Crippen LogP contribution in [-0.4, -0.2) is 33.2 Å². The van der Waals surface area contributed by atoms with Gasteiger partial charge in [0.2, 0.25) is 0 Å². The van der Waals surface area contributed by atoms with E-state index in [-0.39, 0.29) is 12.2 Å². The zero-order valence-corrected chi connectivity index (χ0v) is 9.90. The third kappa shape index (κ3) is 3.41. The van der Waals surface area contributed by atoms with Crippen molar-refractivity contribution >= 4 is 17.6 Å². The maximum Gasteiger partial charge on any atom is 0.344 e. The minimum absolute atomic E-state index is 0.130. The molecule has 1 unspecified atom stereocenters. The van der Waals surface area contributed by atoms with Gasteiger partial charge in [-0.05, 0) is 12.5 Å². The summed E-state index contributed by atoms with van der Waals surface area (Å²) in [6, 6.07) is 2.95. The molecule has 0 radical (unpaired) electrons. The number of nitro benzene ring substituents is 1. The third-order valence-electron chi connectivity index (χ3n) is 2.32. The summed E-state index contributed by atoms with van der Waals surface area (Å²) in [5.41, 5.74) is -0.859. The molecule has 8 heteroatoms. The number of rotatable bonds is 6. The summed E-state index contributed by atoms with van der Waals surface area (Å²) < 4.78 is 5.05. The van der Waals surface area contributed by atoms with Gasteiger partial charge in [-0.2, -0.15) is 0 Å². The Balaban J connectivity index is 3.16. The second-order valence-electron chi connectivity index (χ2n) is 3.60. The number of hydrogen-bond acceptors (Lipinski definition) is 5. The van der Waals surface area contributed by atoms with Crippen LogP contribution < -0.4 is 4.74 Å². The molecule has 0 amide bonds. The number of ether oxygens (including phenoxy) is 1. The van der Waals surface area contributed by atoms with E-state index in [1.54, 1.807) is 6.92 Å². The highest BCUT2D eigenvalue weighted by Gasteiger charge is 2.22. The van der Waals surface area contributed by atoms with Crippen LogP contribution in [0.1, 0.15) is 23.7 Å². The normalized spacial score (nSPS) is 11.6. The largest absolute Gasteiger partial charge is 0.479 e. The van der Waals surface area contributed by atoms with Crippen molar-refractivity contribution in [3.63, 3.8) is 0 Å². The molecule has 0 heterocycles. The summed E-state index contributed by atoms with van der Waals surface area (Å²) in [7, 11) is 0. The standard InChI is InChI=1S/C11H11NO7/c1-2-8(11(15)16)19-9-4-3-6(12(17)18)5-7(9)10(13)14/h3-5,8H,2H2,1H3,(H,13,14)(H,15,16). The first kappa shape index (κ1) is 14.4. The molecule has 0 aliphatic rings. The van der Waals surface area contributed by atoms with Gasteiger partial charge in [0.1, 0.15) is 11.3 Å². The summed E-state index contributed by atoms with van der Waals surface area (Å²) in [6.07, 6.45) is -1.08. The first-order valence-electron chi connectivity index (χ1n) is 5.28. The molecule has 1 aromatic rings. The third-order valence-corrected chi connectivity index (χ3v) is 2.32. The van der Waals surface area contributed by atoms with Crippen LogP contribution in [0, 0.1) is 10.1 Å². The van der Waals surface area contributed by atoms with Gasteiger partial charge < -0.3 is 14.9 Å². The molecule has 0 bridgehead atoms. The van der Waals surface area contributed by atoms with Gasteiger partial charge >= 0.3 is 11.9 Å². The lowest BCUT2D eigenvalue weighted by atomic mass is 10.1. The molecule has 0 saturated carbocycles. The fourth-order valence-electron chi connectivity index (χ4n) is 1.36. The Morgan fingerprint density at radius 2 is 2.05 bits per heavy atom. The van der Waals surface area contributed by atoms with Crippen LogP contribution in [0.3, 0.4) is 0 Å². The molecular weight excluding hydrogens is 258 g/mol. The maximum absolute atomic E-state index is 11.0. The van der Waals surface area contributed by atoms with Crippen LogP contribution in [0.25, 0.3) is 0 Å². The number of carbonyl (C=O) groups is 2. The summed E-state index contributed by atoms with van der Waals surface area (Å²) in [5, 5.41) is 28.3. The van der Waals surface area contributed by atoms with E-state index in [1.165, 1.54) is 0 Å². The van der Waals surface area contributed by atoms with Crippen molar-refractivity contribution in [1.29, 1.82) is 0 Å². The SMILES string of the molecule is CCC(Oc1ccc([N+](=O)[O-])cc1C(=O)O)C(=O)O. The molecule has 0 aliphatic heterocycles. The molecule has 8 nitrogen and oxygen atoms in total. The van der Waals surface area contributed by atoms with Crippen LogP contribution in [0.2, 0.25) is 0 Å². The van der Waals surface area contributed by atoms with Crippen molar-refractivity contribution in [3.8, 4) is 5.75 Å². The number of hydrogen-bond donors (Lipinski definition) is 2. The first-order chi connectivity index (χ1) is 8.86. The molecule has 19 heavy (non-hydrogen) atoms. The fourth-order valence-corrected chi connectivity index (χ4v) is 1.36. The molecule has 0 aliphatic carbocycles. The average Bonchev–Trinajstić information content (AvgIpc) is 2.35. The second-order valence-corrected chi connectivity index (χ2v) is 3.60. The summed E-state index contributed by atoms with van der Waals surface area (Å²) >= 11 is 0. The minimum Gasteiger partial charge on any atom is -0.479 e. The van der Waals surface area contributed by atoms with Crippen LogP contribution in [0.4, 0.5) is 5.69 Å². The summed E-state index contributed by atoms with van der Waals surface area (Å²) in [4.78, 5) is 31.6. The first-order valence-corrected chi connectivity index (χ1v) is 5.28. The molecule has 0 aromatic heterocycles. The lowest BCUT2D eigenvalue weighted by molar-refractivity contribution is -0.384. The number of non-ortho nitro benzene ring substituents is 1. The predicted molar refractivity (Wildman–Crippen MR) is 62.4 cm³/mol. The number of carboxylic acids is 2. The van der Waals surface area contributed by atoms with E-state index in [9.17, 15) is 19.7 Å². The Morgan fingerprint density at radius 3 is 2.47 bits per heavy atom. The monoisotopic (exact) mass is 269 g/mol. The van der Waals surface area contributed by atoms with Crippen LogP contribution >= 0.6 is 0 Å². The predicted octanol–water partition coefficient (Wildman–Crippen LogP) is 1.53. The molecule has 0 spiro atoms. The Bertz CT molecular complexity index is 526. The molecule has 1 rings (SSSR count).